The zero-order chi connectivity index (χ0) is 16.9. The molecule has 1 N–H and O–H groups in total. The molecule has 120 valence electrons. The maximum Gasteiger partial charge on any atom is 0.276 e. The van der Waals surface area contributed by atoms with E-state index in [2.05, 4.69) is 15.5 Å². The summed E-state index contributed by atoms with van der Waals surface area (Å²) in [6, 6.07) is 17.6. The van der Waals surface area contributed by atoms with E-state index in [-0.39, 0.29) is 17.5 Å². The van der Waals surface area contributed by atoms with Gasteiger partial charge in [-0.1, -0.05) is 35.9 Å². The van der Waals surface area contributed by atoms with Crippen molar-refractivity contribution in [2.45, 2.75) is 6.92 Å². The van der Waals surface area contributed by atoms with Crippen LogP contribution in [0.5, 0.6) is 11.6 Å². The summed E-state index contributed by atoms with van der Waals surface area (Å²) in [4.78, 5) is 12.1. The van der Waals surface area contributed by atoms with E-state index in [0.29, 0.717) is 16.5 Å². The SMILES string of the molecule is Cc1ccc(Cl)cc1Oc1ccc(C(=O)Nc2ccccc2)nn1. The van der Waals surface area contributed by atoms with Crippen molar-refractivity contribution in [2.75, 3.05) is 5.32 Å². The number of nitrogens with one attached hydrogen (secondary N) is 1. The summed E-state index contributed by atoms with van der Waals surface area (Å²) in [5, 5.41) is 11.2. The van der Waals surface area contributed by atoms with E-state index < -0.39 is 0 Å². The van der Waals surface area contributed by atoms with Crippen LogP contribution < -0.4 is 10.1 Å². The second-order valence-corrected chi connectivity index (χ2v) is 5.53. The number of aryl methyl sites for hydroxylation is 1. The number of nitrogens with zero attached hydrogens (tertiary/aromatic N) is 2. The van der Waals surface area contributed by atoms with Crippen LogP contribution >= 0.6 is 11.6 Å². The fourth-order valence-electron chi connectivity index (χ4n) is 2.01. The lowest BCUT2D eigenvalue weighted by molar-refractivity contribution is 0.102. The summed E-state index contributed by atoms with van der Waals surface area (Å²) in [7, 11) is 0. The molecule has 0 saturated carbocycles. The molecule has 0 fully saturated rings. The van der Waals surface area contributed by atoms with Crippen LogP contribution in [-0.2, 0) is 0 Å². The van der Waals surface area contributed by atoms with Gasteiger partial charge in [0.2, 0.25) is 5.88 Å². The number of carbonyl (C=O) groups excluding carboxylic acids is 1. The van der Waals surface area contributed by atoms with Gasteiger partial charge in [-0.25, -0.2) is 0 Å². The molecule has 0 aliphatic rings. The smallest absolute Gasteiger partial charge is 0.276 e. The van der Waals surface area contributed by atoms with E-state index >= 15 is 0 Å². The Morgan fingerprint density at radius 3 is 2.54 bits per heavy atom. The highest BCUT2D eigenvalue weighted by Gasteiger charge is 2.10. The molecule has 0 aliphatic heterocycles. The largest absolute Gasteiger partial charge is 0.437 e. The molecule has 3 aromatic rings. The van der Waals surface area contributed by atoms with Crippen molar-refractivity contribution >= 4 is 23.2 Å². The average molecular weight is 340 g/mol. The Morgan fingerprint density at radius 1 is 1.04 bits per heavy atom. The first-order valence-electron chi connectivity index (χ1n) is 7.26. The molecule has 3 rings (SSSR count). The summed E-state index contributed by atoms with van der Waals surface area (Å²) in [6.07, 6.45) is 0. The molecule has 2 aromatic carbocycles. The van der Waals surface area contributed by atoms with Gasteiger partial charge in [-0.2, -0.15) is 0 Å². The molecule has 0 unspecified atom stereocenters. The zero-order valence-electron chi connectivity index (χ0n) is 12.9. The van der Waals surface area contributed by atoms with E-state index in [1.807, 2.05) is 31.2 Å². The number of anilines is 1. The molecule has 6 heteroatoms. The number of aromatic nitrogens is 2. The molecule has 1 heterocycles. The summed E-state index contributed by atoms with van der Waals surface area (Å²) in [5.41, 5.74) is 1.82. The third kappa shape index (κ3) is 3.88. The van der Waals surface area contributed by atoms with Crippen molar-refractivity contribution in [2.24, 2.45) is 0 Å². The first-order chi connectivity index (χ1) is 11.6. The molecule has 1 aromatic heterocycles. The minimum atomic E-state index is -0.334. The van der Waals surface area contributed by atoms with Crippen molar-refractivity contribution in [1.29, 1.82) is 0 Å². The second-order valence-electron chi connectivity index (χ2n) is 5.09. The number of carbonyl (C=O) groups is 1. The number of hydrogen-bond donors (Lipinski definition) is 1. The maximum atomic E-state index is 12.1. The van der Waals surface area contributed by atoms with Crippen molar-refractivity contribution < 1.29 is 9.53 Å². The van der Waals surface area contributed by atoms with Crippen LogP contribution in [0.3, 0.4) is 0 Å². The Morgan fingerprint density at radius 2 is 1.83 bits per heavy atom. The monoisotopic (exact) mass is 339 g/mol. The van der Waals surface area contributed by atoms with E-state index in [1.54, 1.807) is 36.4 Å². The van der Waals surface area contributed by atoms with Crippen LogP contribution in [0.1, 0.15) is 16.1 Å². The molecule has 24 heavy (non-hydrogen) atoms. The Balaban J connectivity index is 1.71. The molecule has 0 radical (unpaired) electrons. The van der Waals surface area contributed by atoms with Gasteiger partial charge in [0.25, 0.3) is 5.91 Å². The molecule has 0 aliphatic carbocycles. The predicted octanol–water partition coefficient (Wildman–Crippen LogP) is 4.48. The van der Waals surface area contributed by atoms with Crippen LogP contribution in [0.4, 0.5) is 5.69 Å². The van der Waals surface area contributed by atoms with E-state index in [0.717, 1.165) is 5.56 Å². The molecular formula is C18H14ClN3O2. The second kappa shape index (κ2) is 7.10. The van der Waals surface area contributed by atoms with Crippen molar-refractivity contribution in [3.63, 3.8) is 0 Å². The fourth-order valence-corrected chi connectivity index (χ4v) is 2.17. The summed E-state index contributed by atoms with van der Waals surface area (Å²) in [6.45, 7) is 1.90. The lowest BCUT2D eigenvalue weighted by Crippen LogP contribution is -2.14. The van der Waals surface area contributed by atoms with Gasteiger partial charge in [-0.3, -0.25) is 4.79 Å². The highest BCUT2D eigenvalue weighted by Crippen LogP contribution is 2.26. The van der Waals surface area contributed by atoms with Crippen LogP contribution in [-0.4, -0.2) is 16.1 Å². The Kier molecular flexibility index (Phi) is 4.72. The molecule has 0 spiro atoms. The van der Waals surface area contributed by atoms with Gasteiger partial charge in [0, 0.05) is 16.8 Å². The minimum absolute atomic E-state index is 0.203. The zero-order valence-corrected chi connectivity index (χ0v) is 13.6. The summed E-state index contributed by atoms with van der Waals surface area (Å²) >= 11 is 5.96. The van der Waals surface area contributed by atoms with E-state index in [4.69, 9.17) is 16.3 Å². The minimum Gasteiger partial charge on any atom is -0.437 e. The quantitative estimate of drug-likeness (QED) is 0.761. The topological polar surface area (TPSA) is 64.1 Å². The number of halogens is 1. The van der Waals surface area contributed by atoms with Crippen LogP contribution in [0.15, 0.2) is 60.7 Å². The number of para-hydroxylation sites is 1. The molecule has 0 bridgehead atoms. The lowest BCUT2D eigenvalue weighted by atomic mass is 10.2. The molecule has 0 atom stereocenters. The van der Waals surface area contributed by atoms with Crippen molar-refractivity contribution in [3.8, 4) is 11.6 Å². The van der Waals surface area contributed by atoms with Gasteiger partial charge >= 0.3 is 0 Å². The molecular weight excluding hydrogens is 326 g/mol. The highest BCUT2D eigenvalue weighted by molar-refractivity contribution is 6.30. The van der Waals surface area contributed by atoms with Crippen molar-refractivity contribution in [3.05, 3.63) is 76.9 Å². The number of amides is 1. The normalized spacial score (nSPS) is 10.2. The average Bonchev–Trinajstić information content (AvgIpc) is 2.60. The molecule has 0 saturated heterocycles. The number of rotatable bonds is 4. The predicted molar refractivity (Wildman–Crippen MR) is 92.7 cm³/mol. The third-order valence-corrected chi connectivity index (χ3v) is 3.50. The summed E-state index contributed by atoms with van der Waals surface area (Å²) < 4.78 is 5.65. The van der Waals surface area contributed by atoms with Gasteiger partial charge in [0.05, 0.1) is 0 Å². The Hall–Kier alpha value is -2.92. The number of benzene rings is 2. The van der Waals surface area contributed by atoms with Gasteiger partial charge < -0.3 is 10.1 Å². The first kappa shape index (κ1) is 16.0. The standard InChI is InChI=1S/C18H14ClN3O2/c1-12-7-8-13(19)11-16(12)24-17-10-9-15(21-22-17)18(23)20-14-5-3-2-4-6-14/h2-11H,1H3,(H,20,23). The number of hydrogen-bond acceptors (Lipinski definition) is 4. The number of ether oxygens (including phenoxy) is 1. The third-order valence-electron chi connectivity index (χ3n) is 3.27. The van der Waals surface area contributed by atoms with Gasteiger partial charge in [0.1, 0.15) is 5.75 Å². The fraction of sp³-hybridized carbons (Fsp3) is 0.0556. The van der Waals surface area contributed by atoms with Crippen LogP contribution in [0.2, 0.25) is 5.02 Å². The maximum absolute atomic E-state index is 12.1. The van der Waals surface area contributed by atoms with Gasteiger partial charge in [-0.15, -0.1) is 10.2 Å². The van der Waals surface area contributed by atoms with E-state index in [9.17, 15) is 4.79 Å². The molecule has 5 nitrogen and oxygen atoms in total. The van der Waals surface area contributed by atoms with Crippen molar-refractivity contribution in [1.82, 2.24) is 10.2 Å². The first-order valence-corrected chi connectivity index (χ1v) is 7.64. The summed E-state index contributed by atoms with van der Waals surface area (Å²) in [5.74, 6) is 0.550. The Labute approximate surface area is 144 Å². The van der Waals surface area contributed by atoms with Crippen LogP contribution in [0, 0.1) is 6.92 Å². The van der Waals surface area contributed by atoms with Crippen LogP contribution in [0.25, 0.3) is 0 Å². The lowest BCUT2D eigenvalue weighted by Gasteiger charge is -2.08. The highest BCUT2D eigenvalue weighted by atomic mass is 35.5. The van der Waals surface area contributed by atoms with Gasteiger partial charge in [-0.05, 0) is 42.8 Å². The molecule has 1 amide bonds. The van der Waals surface area contributed by atoms with E-state index in [1.165, 1.54) is 0 Å². The Bertz CT molecular complexity index is 852. The van der Waals surface area contributed by atoms with Gasteiger partial charge in [0.15, 0.2) is 5.69 Å².